The summed E-state index contributed by atoms with van der Waals surface area (Å²) in [5, 5.41) is 18.6. The number of benzene rings is 1. The molecule has 9 nitrogen and oxygen atoms in total. The number of rotatable bonds is 4. The van der Waals surface area contributed by atoms with E-state index in [2.05, 4.69) is 27.2 Å². The molecule has 1 aromatic rings. The van der Waals surface area contributed by atoms with Crippen molar-refractivity contribution >= 4 is 23.6 Å². The molecule has 1 spiro atoms. The van der Waals surface area contributed by atoms with Crippen molar-refractivity contribution in [2.75, 3.05) is 7.05 Å². The molecule has 1 aliphatic heterocycles. The zero-order valence-corrected chi connectivity index (χ0v) is 17.9. The summed E-state index contributed by atoms with van der Waals surface area (Å²) in [6.45, 7) is 3.81. The van der Waals surface area contributed by atoms with Crippen LogP contribution >= 0.6 is 0 Å². The zero-order chi connectivity index (χ0) is 22.6. The van der Waals surface area contributed by atoms with E-state index >= 15 is 0 Å². The van der Waals surface area contributed by atoms with E-state index in [-0.39, 0.29) is 6.04 Å². The van der Waals surface area contributed by atoms with E-state index in [9.17, 15) is 19.6 Å². The number of aryl methyl sites for hydroxylation is 1. The second kappa shape index (κ2) is 9.16. The Balaban J connectivity index is 1.73. The average molecular weight is 425 g/mol. The third-order valence-corrected chi connectivity index (χ3v) is 6.01. The molecule has 3 N–H and O–H groups in total. The summed E-state index contributed by atoms with van der Waals surface area (Å²) in [6, 6.07) is 7.38. The van der Waals surface area contributed by atoms with Gasteiger partial charge in [0.15, 0.2) is 5.60 Å². The van der Waals surface area contributed by atoms with Crippen LogP contribution in [-0.2, 0) is 14.3 Å². The Morgan fingerprint density at radius 3 is 2.71 bits per heavy atom. The van der Waals surface area contributed by atoms with Crippen molar-refractivity contribution in [3.63, 3.8) is 0 Å². The minimum absolute atomic E-state index is 0.151. The Morgan fingerprint density at radius 2 is 2.06 bits per heavy atom. The molecule has 0 saturated heterocycles. The summed E-state index contributed by atoms with van der Waals surface area (Å²) >= 11 is 0. The van der Waals surface area contributed by atoms with Gasteiger partial charge in [-0.05, 0) is 69.6 Å². The van der Waals surface area contributed by atoms with E-state index in [1.165, 1.54) is 7.05 Å². The largest absolute Gasteiger partial charge is 0.435 e. The Bertz CT molecular complexity index is 957. The molecular formula is C22H27N5O4. The Kier molecular flexibility index (Phi) is 6.59. The lowest BCUT2D eigenvalue weighted by molar-refractivity contribution is -0.139. The second-order valence-electron chi connectivity index (χ2n) is 8.23. The van der Waals surface area contributed by atoms with E-state index in [0.717, 1.165) is 30.4 Å². The van der Waals surface area contributed by atoms with Crippen molar-refractivity contribution in [1.29, 1.82) is 5.26 Å². The number of likely N-dealkylation sites (N-methyl/N-ethyl adjacent to an activating group) is 1. The summed E-state index contributed by atoms with van der Waals surface area (Å²) in [5.41, 5.74) is 4.47. The lowest BCUT2D eigenvalue weighted by Crippen LogP contribution is -2.52. The molecule has 1 fully saturated rings. The number of hydrogen-bond acceptors (Lipinski definition) is 6. The van der Waals surface area contributed by atoms with Crippen molar-refractivity contribution in [2.24, 2.45) is 11.0 Å². The fourth-order valence-corrected chi connectivity index (χ4v) is 4.38. The lowest BCUT2D eigenvalue weighted by atomic mass is 9.72. The first kappa shape index (κ1) is 22.3. The first-order valence-electron chi connectivity index (χ1n) is 10.4. The highest BCUT2D eigenvalue weighted by molar-refractivity contribution is 6.35. The van der Waals surface area contributed by atoms with Crippen LogP contribution in [0.25, 0.3) is 0 Å². The van der Waals surface area contributed by atoms with Gasteiger partial charge in [-0.25, -0.2) is 10.2 Å². The number of nitriles is 1. The molecule has 2 aliphatic rings. The van der Waals surface area contributed by atoms with Crippen LogP contribution in [0.1, 0.15) is 55.7 Å². The van der Waals surface area contributed by atoms with Gasteiger partial charge in [-0.15, -0.1) is 0 Å². The molecule has 3 rings (SSSR count). The smallest absolute Gasteiger partial charge is 0.428 e. The molecule has 1 heterocycles. The molecule has 1 aromatic carbocycles. The number of hydrazone groups is 1. The maximum absolute atomic E-state index is 12.0. The van der Waals surface area contributed by atoms with E-state index in [4.69, 9.17) is 4.74 Å². The monoisotopic (exact) mass is 425 g/mol. The van der Waals surface area contributed by atoms with E-state index < -0.39 is 23.5 Å². The highest BCUT2D eigenvalue weighted by Gasteiger charge is 2.46. The highest BCUT2D eigenvalue weighted by Crippen LogP contribution is 2.41. The van der Waals surface area contributed by atoms with Crippen LogP contribution in [0.5, 0.6) is 0 Å². The van der Waals surface area contributed by atoms with E-state index in [0.29, 0.717) is 30.0 Å². The minimum atomic E-state index is -0.841. The third kappa shape index (κ3) is 4.85. The van der Waals surface area contributed by atoms with Crippen LogP contribution in [0.2, 0.25) is 0 Å². The number of nitrogens with zero attached hydrogens (tertiary/aromatic N) is 2. The van der Waals surface area contributed by atoms with Gasteiger partial charge in [0.1, 0.15) is 5.71 Å². The van der Waals surface area contributed by atoms with Gasteiger partial charge in [0.25, 0.3) is 0 Å². The second-order valence-corrected chi connectivity index (χ2v) is 8.23. The first-order chi connectivity index (χ1) is 14.8. The van der Waals surface area contributed by atoms with Crippen molar-refractivity contribution in [3.05, 3.63) is 34.9 Å². The molecule has 3 amide bonds. The van der Waals surface area contributed by atoms with Gasteiger partial charge in [-0.3, -0.25) is 9.59 Å². The highest BCUT2D eigenvalue weighted by atomic mass is 16.6. The van der Waals surface area contributed by atoms with Gasteiger partial charge in [0.05, 0.1) is 11.6 Å². The summed E-state index contributed by atoms with van der Waals surface area (Å²) < 4.78 is 5.79. The number of carbonyl (C=O) groups is 3. The molecule has 0 bridgehead atoms. The Labute approximate surface area is 181 Å². The van der Waals surface area contributed by atoms with Gasteiger partial charge in [-0.2, -0.15) is 10.4 Å². The maximum atomic E-state index is 12.0. The van der Waals surface area contributed by atoms with Crippen LogP contribution in [-0.4, -0.2) is 42.3 Å². The molecule has 1 atom stereocenters. The van der Waals surface area contributed by atoms with Crippen molar-refractivity contribution in [2.45, 2.75) is 57.6 Å². The van der Waals surface area contributed by atoms with E-state index in [1.54, 1.807) is 12.1 Å². The number of amides is 3. The van der Waals surface area contributed by atoms with E-state index in [1.807, 2.05) is 19.9 Å². The molecule has 31 heavy (non-hydrogen) atoms. The first-order valence-corrected chi connectivity index (χ1v) is 10.4. The molecule has 9 heteroatoms. The number of nitrogens with one attached hydrogen (secondary N) is 3. The van der Waals surface area contributed by atoms with Crippen molar-refractivity contribution < 1.29 is 19.1 Å². The normalized spacial score (nSPS) is 23.6. The van der Waals surface area contributed by atoms with Crippen molar-refractivity contribution in [3.8, 4) is 6.07 Å². The Morgan fingerprint density at radius 1 is 1.35 bits per heavy atom. The van der Waals surface area contributed by atoms with Gasteiger partial charge in [0.2, 0.25) is 0 Å². The van der Waals surface area contributed by atoms with Gasteiger partial charge < -0.3 is 15.4 Å². The molecule has 164 valence electrons. The predicted molar refractivity (Wildman–Crippen MR) is 113 cm³/mol. The number of carbonyl (C=O) groups excluding carboxylic acids is 3. The lowest BCUT2D eigenvalue weighted by Gasteiger charge is -2.42. The quantitative estimate of drug-likeness (QED) is 0.634. The third-order valence-electron chi connectivity index (χ3n) is 6.01. The van der Waals surface area contributed by atoms with Gasteiger partial charge >= 0.3 is 17.9 Å². The van der Waals surface area contributed by atoms with Crippen LogP contribution in [0, 0.1) is 24.2 Å². The molecule has 1 saturated carbocycles. The summed E-state index contributed by atoms with van der Waals surface area (Å²) in [6.07, 6.45) is 2.89. The molecular weight excluding hydrogens is 398 g/mol. The van der Waals surface area contributed by atoms with Crippen LogP contribution in [0.15, 0.2) is 23.3 Å². The summed E-state index contributed by atoms with van der Waals surface area (Å²) in [5.74, 6) is -0.990. The number of ether oxygens (including phenoxy) is 1. The standard InChI is InChI=1S/C22H27N5O4/c1-13-4-5-16(12-23)11-17(13)18-22(31-21(30)27-26-18)8-6-15(7-9-22)10-14(2)25-20(29)19(28)24-3/h4-5,11,14-15H,6-10H2,1-3H3,(H,24,28)(H,25,29)(H,27,30)/t14-,15?,22?/m0/s1. The maximum Gasteiger partial charge on any atom is 0.428 e. The molecule has 0 aromatic heterocycles. The number of hydrogen-bond donors (Lipinski definition) is 3. The zero-order valence-electron chi connectivity index (χ0n) is 17.9. The molecule has 1 aliphatic carbocycles. The summed E-state index contributed by atoms with van der Waals surface area (Å²) in [4.78, 5) is 35.2. The molecule has 0 radical (unpaired) electrons. The topological polar surface area (TPSA) is 133 Å². The summed E-state index contributed by atoms with van der Waals surface area (Å²) in [7, 11) is 1.42. The fraction of sp³-hybridized carbons (Fsp3) is 0.500. The fourth-order valence-electron chi connectivity index (χ4n) is 4.38. The van der Waals surface area contributed by atoms with Gasteiger partial charge in [-0.1, -0.05) is 6.07 Å². The Hall–Kier alpha value is -3.41. The minimum Gasteiger partial charge on any atom is -0.435 e. The van der Waals surface area contributed by atoms with Crippen LogP contribution in [0.3, 0.4) is 0 Å². The molecule has 0 unspecified atom stereocenters. The van der Waals surface area contributed by atoms with Crippen molar-refractivity contribution in [1.82, 2.24) is 16.1 Å². The van der Waals surface area contributed by atoms with Crippen LogP contribution in [0.4, 0.5) is 4.79 Å². The van der Waals surface area contributed by atoms with Gasteiger partial charge in [0, 0.05) is 18.7 Å². The average Bonchev–Trinajstić information content (AvgIpc) is 2.75. The predicted octanol–water partition coefficient (Wildman–Crippen LogP) is 1.88. The SMILES string of the molecule is CNC(=O)C(=O)N[C@@H](C)CC1CCC2(CC1)OC(=O)NN=C2c1cc(C#N)ccc1C. The van der Waals surface area contributed by atoms with Crippen LogP contribution < -0.4 is 16.1 Å².